The van der Waals surface area contributed by atoms with Crippen molar-refractivity contribution in [1.29, 1.82) is 0 Å². The minimum atomic E-state index is -0.693. The number of nitrogens with zero attached hydrogens (tertiary/aromatic N) is 2. The number of para-hydroxylation sites is 3. The van der Waals surface area contributed by atoms with Gasteiger partial charge in [-0.25, -0.2) is 0 Å². The molecule has 4 heterocycles. The summed E-state index contributed by atoms with van der Waals surface area (Å²) in [6, 6.07) is 113. The van der Waals surface area contributed by atoms with Gasteiger partial charge in [0.2, 0.25) is 0 Å². The average molecular weight is 1090 g/mol. The molecule has 1 spiro atoms. The number of fused-ring (bicyclic) bond motifs is 14. The molecular weight excluding hydrogens is 1040 g/mol. The highest BCUT2D eigenvalue weighted by atomic mass is 32.1. The van der Waals surface area contributed by atoms with Gasteiger partial charge in [0.25, 0.3) is 0 Å². The van der Waals surface area contributed by atoms with Crippen molar-refractivity contribution in [2.24, 2.45) is 0 Å². The Morgan fingerprint density at radius 3 is 0.892 bits per heavy atom. The highest BCUT2D eigenvalue weighted by Gasteiger charge is 2.52. The summed E-state index contributed by atoms with van der Waals surface area (Å²) in [5.74, 6) is 0. The summed E-state index contributed by atoms with van der Waals surface area (Å²) in [6.07, 6.45) is 0. The second-order valence-corrected chi connectivity index (χ2v) is 23.9. The number of anilines is 6. The normalized spacial score (nSPS) is 13.1. The Morgan fingerprint density at radius 1 is 0.217 bits per heavy atom. The average Bonchev–Trinajstić information content (AvgIpc) is 1.49. The summed E-state index contributed by atoms with van der Waals surface area (Å²) in [4.78, 5) is 5.01. The molecule has 13 aromatic carbocycles. The van der Waals surface area contributed by atoms with Crippen LogP contribution < -0.4 is 9.80 Å². The highest BCUT2D eigenvalue weighted by molar-refractivity contribution is 7.27. The summed E-state index contributed by atoms with van der Waals surface area (Å²) < 4.78 is 5.27. The largest absolute Gasteiger partial charge is 0.310 e. The lowest BCUT2D eigenvalue weighted by molar-refractivity contribution is 0.719. The minimum absolute atomic E-state index is 0.693. The maximum Gasteiger partial charge on any atom is 0.0783 e. The van der Waals surface area contributed by atoms with Gasteiger partial charge in [0.1, 0.15) is 0 Å². The van der Waals surface area contributed by atoms with Gasteiger partial charge in [-0.3, -0.25) is 0 Å². The Bertz CT molecular complexity index is 4920. The van der Waals surface area contributed by atoms with Gasteiger partial charge in [0, 0.05) is 51.7 Å². The fourth-order valence-electron chi connectivity index (χ4n) is 13.9. The van der Waals surface area contributed by atoms with Crippen LogP contribution in [0.1, 0.15) is 22.3 Å². The second-order valence-electron chi connectivity index (χ2n) is 21.8. The van der Waals surface area contributed by atoms with Crippen LogP contribution in [-0.4, -0.2) is 0 Å². The van der Waals surface area contributed by atoms with Crippen LogP contribution in [0.5, 0.6) is 0 Å². The second kappa shape index (κ2) is 19.0. The van der Waals surface area contributed by atoms with Crippen LogP contribution in [0.2, 0.25) is 0 Å². The van der Waals surface area contributed by atoms with Crippen molar-refractivity contribution >= 4 is 97.1 Å². The van der Waals surface area contributed by atoms with Crippen molar-refractivity contribution in [3.05, 3.63) is 326 Å². The Balaban J connectivity index is 0.807. The Labute approximate surface area is 490 Å². The zero-order valence-corrected chi connectivity index (χ0v) is 46.7. The molecule has 4 heteroatoms. The molecule has 2 aliphatic rings. The summed E-state index contributed by atoms with van der Waals surface area (Å²) in [6.45, 7) is 0. The molecule has 83 heavy (non-hydrogen) atoms. The first-order chi connectivity index (χ1) is 41.2. The topological polar surface area (TPSA) is 6.48 Å². The molecule has 17 rings (SSSR count). The van der Waals surface area contributed by atoms with Gasteiger partial charge in [0.05, 0.1) is 28.2 Å². The predicted molar refractivity (Wildman–Crippen MR) is 354 cm³/mol. The molecule has 388 valence electrons. The molecule has 0 aliphatic carbocycles. The van der Waals surface area contributed by atoms with Crippen LogP contribution >= 0.6 is 22.7 Å². The van der Waals surface area contributed by atoms with Gasteiger partial charge in [-0.15, -0.1) is 22.7 Å². The van der Waals surface area contributed by atoms with Crippen LogP contribution in [0.25, 0.3) is 96.0 Å². The third kappa shape index (κ3) is 7.26. The Hall–Kier alpha value is -10.1. The first kappa shape index (κ1) is 47.7. The Kier molecular flexibility index (Phi) is 10.9. The molecule has 2 aromatic heterocycles. The smallest absolute Gasteiger partial charge is 0.0783 e. The van der Waals surface area contributed by atoms with Gasteiger partial charge in [-0.2, -0.15) is 0 Å². The van der Waals surface area contributed by atoms with Crippen LogP contribution in [-0.2, 0) is 5.41 Å². The van der Waals surface area contributed by atoms with Crippen LogP contribution in [0.4, 0.5) is 34.1 Å². The zero-order chi connectivity index (χ0) is 54.6. The molecule has 2 nitrogen and oxygen atoms in total. The molecule has 0 bridgehead atoms. The lowest BCUT2D eigenvalue weighted by Gasteiger charge is -2.51. The van der Waals surface area contributed by atoms with E-state index in [0.717, 1.165) is 34.1 Å². The van der Waals surface area contributed by atoms with Crippen molar-refractivity contribution in [3.8, 4) is 55.6 Å². The van der Waals surface area contributed by atoms with E-state index in [-0.39, 0.29) is 0 Å². The standard InChI is InChI=1S/C79H50N2S2/c1-4-20-51(21-5-1)56-44-49-74-70(50-56)79(69-36-12-15-39-73(69)81(74)58-47-42-55(43-48-58)62-29-19-33-66-64-31-17-27-60(76(64)83-78(62)66)53-24-8-3-9-25-53)67-34-10-13-37-71(67)80(72-38-14-11-35-68(72)79)57-45-40-54(41-46-57)61-28-18-32-65-63-30-16-26-59(75(63)82-77(61)65)52-22-6-2-7-23-52/h1-50H. The quantitative estimate of drug-likeness (QED) is 0.157. The van der Waals surface area contributed by atoms with Gasteiger partial charge < -0.3 is 9.80 Å². The van der Waals surface area contributed by atoms with Crippen molar-refractivity contribution in [2.75, 3.05) is 9.80 Å². The first-order valence-electron chi connectivity index (χ1n) is 28.5. The number of thiophene rings is 2. The maximum atomic E-state index is 2.51. The molecule has 0 unspecified atom stereocenters. The molecule has 2 aliphatic heterocycles. The van der Waals surface area contributed by atoms with Crippen molar-refractivity contribution in [3.63, 3.8) is 0 Å². The van der Waals surface area contributed by atoms with Crippen LogP contribution in [0.3, 0.4) is 0 Å². The summed E-state index contributed by atoms with van der Waals surface area (Å²) in [5.41, 5.74) is 23.5. The van der Waals surface area contributed by atoms with E-state index in [1.807, 2.05) is 22.7 Å². The molecule has 15 aromatic rings. The molecule has 0 saturated carbocycles. The summed E-state index contributed by atoms with van der Waals surface area (Å²) in [7, 11) is 0. The van der Waals surface area contributed by atoms with Gasteiger partial charge in [-0.05, 0) is 132 Å². The van der Waals surface area contributed by atoms with Crippen molar-refractivity contribution in [2.45, 2.75) is 5.41 Å². The number of rotatable bonds is 7. The van der Waals surface area contributed by atoms with E-state index in [1.165, 1.54) is 118 Å². The summed E-state index contributed by atoms with van der Waals surface area (Å²) in [5, 5.41) is 5.20. The monoisotopic (exact) mass is 1090 g/mol. The van der Waals surface area contributed by atoms with Gasteiger partial charge in [0.15, 0.2) is 0 Å². The molecule has 0 amide bonds. The van der Waals surface area contributed by atoms with E-state index in [0.29, 0.717) is 0 Å². The fraction of sp³-hybridized carbons (Fsp3) is 0.0127. The van der Waals surface area contributed by atoms with Crippen molar-refractivity contribution in [1.82, 2.24) is 0 Å². The lowest BCUT2D eigenvalue weighted by atomic mass is 9.60. The first-order valence-corrected chi connectivity index (χ1v) is 30.1. The van der Waals surface area contributed by atoms with Crippen LogP contribution in [0.15, 0.2) is 303 Å². The van der Waals surface area contributed by atoms with E-state index in [2.05, 4.69) is 313 Å². The number of hydrogen-bond acceptors (Lipinski definition) is 4. The van der Waals surface area contributed by atoms with Gasteiger partial charge >= 0.3 is 0 Å². The van der Waals surface area contributed by atoms with E-state index in [9.17, 15) is 0 Å². The fourth-order valence-corrected chi connectivity index (χ4v) is 16.6. The molecule has 0 N–H and O–H groups in total. The zero-order valence-electron chi connectivity index (χ0n) is 45.1. The molecule has 0 fully saturated rings. The third-order valence-electron chi connectivity index (χ3n) is 17.5. The molecule has 0 radical (unpaired) electrons. The lowest BCUT2D eigenvalue weighted by Crippen LogP contribution is -2.42. The third-order valence-corrected chi connectivity index (χ3v) is 20.1. The van der Waals surface area contributed by atoms with E-state index in [1.54, 1.807) is 0 Å². The van der Waals surface area contributed by atoms with E-state index in [4.69, 9.17) is 0 Å². The summed E-state index contributed by atoms with van der Waals surface area (Å²) >= 11 is 3.81. The minimum Gasteiger partial charge on any atom is -0.310 e. The molecule has 0 saturated heterocycles. The SMILES string of the molecule is c1ccc(-c2ccc3c(c2)C2(c4ccccc4N(c4ccc(-c5cccc6c5sc5c(-c7ccccc7)cccc56)cc4)c4ccccc42)c2ccccc2N3c2ccc(-c3cccc4c3sc3c(-c5ccccc5)cccc34)cc2)cc1. The van der Waals surface area contributed by atoms with E-state index < -0.39 is 5.41 Å². The predicted octanol–water partition coefficient (Wildman–Crippen LogP) is 22.7. The number of benzene rings is 13. The van der Waals surface area contributed by atoms with E-state index >= 15 is 0 Å². The van der Waals surface area contributed by atoms with Crippen molar-refractivity contribution < 1.29 is 0 Å². The van der Waals surface area contributed by atoms with Gasteiger partial charge in [-0.1, -0.05) is 249 Å². The molecule has 0 atom stereocenters. The number of hydrogen-bond donors (Lipinski definition) is 0. The Morgan fingerprint density at radius 2 is 0.518 bits per heavy atom. The highest BCUT2D eigenvalue weighted by Crippen LogP contribution is 2.64. The molecular formula is C79H50N2S2. The van der Waals surface area contributed by atoms with Crippen LogP contribution in [0, 0.1) is 0 Å². The maximum absolute atomic E-state index is 2.51.